The summed E-state index contributed by atoms with van der Waals surface area (Å²) in [4.78, 5) is 4.17. The van der Waals surface area contributed by atoms with Crippen molar-refractivity contribution in [2.45, 2.75) is 13.8 Å². The maximum atomic E-state index is 14.4. The van der Waals surface area contributed by atoms with Crippen molar-refractivity contribution < 1.29 is 8.78 Å². The van der Waals surface area contributed by atoms with Crippen molar-refractivity contribution in [3.05, 3.63) is 71.3 Å². The molecular weight excluding hydrogens is 294 g/mol. The molecule has 2 aromatic carbocycles. The van der Waals surface area contributed by atoms with Crippen LogP contribution < -0.4 is 0 Å². The molecule has 1 aliphatic rings. The lowest BCUT2D eigenvalue weighted by molar-refractivity contribution is 0.296. The number of hydrogen-bond acceptors (Lipinski definition) is 2. The molecule has 2 nitrogen and oxygen atoms in total. The molecule has 0 N–H and O–H groups in total. The van der Waals surface area contributed by atoms with Crippen LogP contribution in [0.1, 0.15) is 25.0 Å². The van der Waals surface area contributed by atoms with E-state index in [1.807, 2.05) is 26.0 Å². The van der Waals surface area contributed by atoms with Gasteiger partial charge in [-0.2, -0.15) is 0 Å². The van der Waals surface area contributed by atoms with Crippen LogP contribution in [0, 0.1) is 11.6 Å². The van der Waals surface area contributed by atoms with Gasteiger partial charge in [0.1, 0.15) is 11.6 Å². The predicted octanol–water partition coefficient (Wildman–Crippen LogP) is 4.41. The minimum absolute atomic E-state index is 0.284. The zero-order valence-electron chi connectivity index (χ0n) is 13.4. The summed E-state index contributed by atoms with van der Waals surface area (Å²) in [5.74, 6) is -0.569. The van der Waals surface area contributed by atoms with Gasteiger partial charge in [0, 0.05) is 24.2 Å². The first kappa shape index (κ1) is 15.5. The van der Waals surface area contributed by atoms with E-state index in [1.165, 1.54) is 12.1 Å². The lowest BCUT2D eigenvalue weighted by Gasteiger charge is -2.22. The molecule has 0 atom stereocenters. The van der Waals surface area contributed by atoms with E-state index in [9.17, 15) is 8.78 Å². The molecule has 0 radical (unpaired) electrons. The predicted molar refractivity (Wildman–Crippen MR) is 89.2 cm³/mol. The molecule has 23 heavy (non-hydrogen) atoms. The van der Waals surface area contributed by atoms with Crippen LogP contribution in [0.25, 0.3) is 11.4 Å². The second-order valence-electron chi connectivity index (χ2n) is 5.51. The van der Waals surface area contributed by atoms with Crippen LogP contribution in [0.3, 0.4) is 0 Å². The fourth-order valence-corrected chi connectivity index (χ4v) is 3.07. The maximum Gasteiger partial charge on any atom is 0.132 e. The van der Waals surface area contributed by atoms with Gasteiger partial charge in [0.25, 0.3) is 0 Å². The highest BCUT2D eigenvalue weighted by molar-refractivity contribution is 5.91. The zero-order valence-corrected chi connectivity index (χ0v) is 13.4. The highest BCUT2D eigenvalue weighted by Crippen LogP contribution is 2.39. The number of rotatable bonds is 4. The van der Waals surface area contributed by atoms with Crippen molar-refractivity contribution in [3.8, 4) is 0 Å². The van der Waals surface area contributed by atoms with Gasteiger partial charge in [-0.15, -0.1) is 0 Å². The summed E-state index contributed by atoms with van der Waals surface area (Å²) in [7, 11) is 0. The lowest BCUT2D eigenvalue weighted by Crippen LogP contribution is -2.27. The highest BCUT2D eigenvalue weighted by Gasteiger charge is 2.31. The van der Waals surface area contributed by atoms with Crippen LogP contribution in [-0.2, 0) is 0 Å². The van der Waals surface area contributed by atoms with Crippen molar-refractivity contribution >= 4 is 11.4 Å². The molecule has 0 saturated carbocycles. The minimum atomic E-state index is -0.284. The van der Waals surface area contributed by atoms with Gasteiger partial charge in [0.15, 0.2) is 0 Å². The van der Waals surface area contributed by atoms with Crippen LogP contribution in [-0.4, -0.2) is 29.6 Å². The fraction of sp³-hybridized carbons (Fsp3) is 0.263. The van der Waals surface area contributed by atoms with E-state index in [-0.39, 0.29) is 11.6 Å². The fourth-order valence-electron chi connectivity index (χ4n) is 3.07. The second kappa shape index (κ2) is 6.41. The Balaban J connectivity index is 2.28. The van der Waals surface area contributed by atoms with Gasteiger partial charge in [0.05, 0.1) is 18.1 Å². The van der Waals surface area contributed by atoms with E-state index in [0.29, 0.717) is 17.8 Å². The summed E-state index contributed by atoms with van der Waals surface area (Å²) in [6, 6.07) is 13.4. The molecule has 0 bridgehead atoms. The Morgan fingerprint density at radius 2 is 1.13 bits per heavy atom. The topological polar surface area (TPSA) is 6.48 Å². The average Bonchev–Trinajstić information content (AvgIpc) is 2.94. The molecule has 0 fully saturated rings. The maximum absolute atomic E-state index is 14.4. The number of hydrogen-bond donors (Lipinski definition) is 0. The van der Waals surface area contributed by atoms with Crippen molar-refractivity contribution in [2.24, 2.45) is 0 Å². The zero-order chi connectivity index (χ0) is 16.4. The average molecular weight is 314 g/mol. The SMILES string of the molecule is CCN1CN(CC)C(c2ccccc2F)=C1c1ccccc1F. The number of halogens is 2. The van der Waals surface area contributed by atoms with E-state index >= 15 is 0 Å². The highest BCUT2D eigenvalue weighted by atomic mass is 19.1. The molecule has 0 unspecified atom stereocenters. The Morgan fingerprint density at radius 3 is 1.48 bits per heavy atom. The largest absolute Gasteiger partial charge is 0.352 e. The third-order valence-electron chi connectivity index (χ3n) is 4.22. The third-order valence-corrected chi connectivity index (χ3v) is 4.22. The first-order chi connectivity index (χ1) is 11.2. The first-order valence-electron chi connectivity index (χ1n) is 7.91. The van der Waals surface area contributed by atoms with E-state index in [1.54, 1.807) is 24.3 Å². The van der Waals surface area contributed by atoms with Crippen molar-refractivity contribution in [2.75, 3.05) is 19.8 Å². The lowest BCUT2D eigenvalue weighted by atomic mass is 10.0. The quantitative estimate of drug-likeness (QED) is 0.825. The van der Waals surface area contributed by atoms with Crippen molar-refractivity contribution in [3.63, 3.8) is 0 Å². The molecule has 0 spiro atoms. The Labute approximate surface area is 135 Å². The molecule has 0 aliphatic carbocycles. The minimum Gasteiger partial charge on any atom is -0.352 e. The van der Waals surface area contributed by atoms with Gasteiger partial charge in [-0.05, 0) is 38.1 Å². The van der Waals surface area contributed by atoms with E-state index in [4.69, 9.17) is 0 Å². The Hall–Kier alpha value is -2.36. The van der Waals surface area contributed by atoms with Crippen LogP contribution in [0.4, 0.5) is 8.78 Å². The normalized spacial score (nSPS) is 14.8. The molecule has 2 aromatic rings. The van der Waals surface area contributed by atoms with E-state index < -0.39 is 0 Å². The number of nitrogens with zero attached hydrogens (tertiary/aromatic N) is 2. The molecular formula is C19H20F2N2. The van der Waals surface area contributed by atoms with Gasteiger partial charge >= 0.3 is 0 Å². The molecule has 4 heteroatoms. The number of benzene rings is 2. The van der Waals surface area contributed by atoms with Crippen molar-refractivity contribution in [1.29, 1.82) is 0 Å². The summed E-state index contributed by atoms with van der Waals surface area (Å²) < 4.78 is 28.8. The van der Waals surface area contributed by atoms with Crippen LogP contribution in [0.15, 0.2) is 48.5 Å². The summed E-state index contributed by atoms with van der Waals surface area (Å²) in [5, 5.41) is 0. The molecule has 3 rings (SSSR count). The Bertz CT molecular complexity index is 678. The smallest absolute Gasteiger partial charge is 0.132 e. The van der Waals surface area contributed by atoms with Gasteiger partial charge in [-0.25, -0.2) is 8.78 Å². The summed E-state index contributed by atoms with van der Waals surface area (Å²) in [6.45, 7) is 6.16. The molecule has 0 aromatic heterocycles. The first-order valence-corrected chi connectivity index (χ1v) is 7.91. The molecule has 0 saturated heterocycles. The molecule has 120 valence electrons. The van der Waals surface area contributed by atoms with Crippen LogP contribution >= 0.6 is 0 Å². The molecule has 1 aliphatic heterocycles. The summed E-state index contributed by atoms with van der Waals surface area (Å²) >= 11 is 0. The van der Waals surface area contributed by atoms with Gasteiger partial charge < -0.3 is 9.80 Å². The summed E-state index contributed by atoms with van der Waals surface area (Å²) in [5.41, 5.74) is 2.56. The molecule has 0 amide bonds. The summed E-state index contributed by atoms with van der Waals surface area (Å²) in [6.07, 6.45) is 0. The standard InChI is InChI=1S/C19H20F2N2/c1-3-22-13-23(4-2)19(15-10-6-8-12-17(15)21)18(22)14-9-5-7-11-16(14)20/h5-12H,3-4,13H2,1-2H3. The van der Waals surface area contributed by atoms with Crippen LogP contribution in [0.2, 0.25) is 0 Å². The van der Waals surface area contributed by atoms with Gasteiger partial charge in [-0.1, -0.05) is 24.3 Å². The van der Waals surface area contributed by atoms with Crippen LogP contribution in [0.5, 0.6) is 0 Å². The third kappa shape index (κ3) is 2.69. The Morgan fingerprint density at radius 1 is 0.739 bits per heavy atom. The second-order valence-corrected chi connectivity index (χ2v) is 5.51. The van der Waals surface area contributed by atoms with Gasteiger partial charge in [-0.3, -0.25) is 0 Å². The van der Waals surface area contributed by atoms with Gasteiger partial charge in [0.2, 0.25) is 0 Å². The van der Waals surface area contributed by atoms with E-state index in [2.05, 4.69) is 9.80 Å². The Kier molecular flexibility index (Phi) is 4.33. The van der Waals surface area contributed by atoms with E-state index in [0.717, 1.165) is 24.5 Å². The monoisotopic (exact) mass is 314 g/mol. The van der Waals surface area contributed by atoms with Crippen molar-refractivity contribution in [1.82, 2.24) is 9.80 Å². The molecule has 1 heterocycles.